The Morgan fingerprint density at radius 3 is 2.29 bits per heavy atom. The van der Waals surface area contributed by atoms with Gasteiger partial charge in [0.1, 0.15) is 19.3 Å². The van der Waals surface area contributed by atoms with Gasteiger partial charge in [0, 0.05) is 0 Å². The summed E-state index contributed by atoms with van der Waals surface area (Å²) in [7, 11) is 0. The van der Waals surface area contributed by atoms with Gasteiger partial charge in [0.05, 0.1) is 12.7 Å². The normalized spacial score (nSPS) is 14.0. The summed E-state index contributed by atoms with van der Waals surface area (Å²) in [5.41, 5.74) is 0. The molecular weight excluding hydrogens is 298 g/mol. The SMILES string of the molecule is CCC(O)COCC(F)(F)C(F)(F)COc1ncncn1. The zero-order valence-electron chi connectivity index (χ0n) is 11.2. The van der Waals surface area contributed by atoms with Crippen LogP contribution in [0, 0.1) is 0 Å². The highest BCUT2D eigenvalue weighted by Crippen LogP contribution is 2.34. The molecule has 0 radical (unpaired) electrons. The number of hydrogen-bond donors (Lipinski definition) is 1. The Kier molecular flexibility index (Phi) is 6.21. The Bertz CT molecular complexity index is 422. The lowest BCUT2D eigenvalue weighted by atomic mass is 10.2. The molecule has 0 fully saturated rings. The Morgan fingerprint density at radius 2 is 1.71 bits per heavy atom. The van der Waals surface area contributed by atoms with Gasteiger partial charge in [-0.1, -0.05) is 6.92 Å². The molecule has 1 atom stereocenters. The van der Waals surface area contributed by atoms with E-state index in [0.717, 1.165) is 12.7 Å². The molecular formula is C11H15F4N3O3. The fraction of sp³-hybridized carbons (Fsp3) is 0.727. The number of nitrogens with zero attached hydrogens (tertiary/aromatic N) is 3. The molecule has 0 aliphatic rings. The fourth-order valence-electron chi connectivity index (χ4n) is 1.11. The summed E-state index contributed by atoms with van der Waals surface area (Å²) in [6.45, 7) is -1.98. The zero-order valence-corrected chi connectivity index (χ0v) is 11.2. The van der Waals surface area contributed by atoms with Crippen molar-refractivity contribution in [2.75, 3.05) is 19.8 Å². The number of hydrogen-bond acceptors (Lipinski definition) is 6. The van der Waals surface area contributed by atoms with E-state index in [1.165, 1.54) is 0 Å². The van der Waals surface area contributed by atoms with Crippen LogP contribution in [0.1, 0.15) is 13.3 Å². The van der Waals surface area contributed by atoms with Gasteiger partial charge in [-0.05, 0) is 6.42 Å². The number of aliphatic hydroxyl groups is 1. The highest BCUT2D eigenvalue weighted by atomic mass is 19.3. The molecule has 0 aliphatic heterocycles. The maximum atomic E-state index is 13.4. The third-order valence-electron chi connectivity index (χ3n) is 2.45. The lowest BCUT2D eigenvalue weighted by Crippen LogP contribution is -2.48. The van der Waals surface area contributed by atoms with E-state index >= 15 is 0 Å². The summed E-state index contributed by atoms with van der Waals surface area (Å²) in [4.78, 5) is 10.2. The summed E-state index contributed by atoms with van der Waals surface area (Å²) < 4.78 is 62.4. The molecule has 0 saturated heterocycles. The van der Waals surface area contributed by atoms with Crippen molar-refractivity contribution in [1.82, 2.24) is 15.0 Å². The van der Waals surface area contributed by atoms with Crippen LogP contribution in [-0.2, 0) is 4.74 Å². The lowest BCUT2D eigenvalue weighted by molar-refractivity contribution is -0.244. The number of alkyl halides is 4. The molecule has 10 heteroatoms. The first kappa shape index (κ1) is 17.5. The van der Waals surface area contributed by atoms with Crippen molar-refractivity contribution in [2.24, 2.45) is 0 Å². The molecule has 0 saturated carbocycles. The van der Waals surface area contributed by atoms with Crippen LogP contribution in [0.15, 0.2) is 12.7 Å². The third kappa shape index (κ3) is 5.38. The predicted octanol–water partition coefficient (Wildman–Crippen LogP) is 1.31. The Balaban J connectivity index is 2.50. The van der Waals surface area contributed by atoms with E-state index in [1.807, 2.05) is 0 Å². The standard InChI is InChI=1S/C11H15F4N3O3/c1-2-8(19)3-20-4-10(12,13)11(14,15)5-21-9-17-6-16-7-18-9/h6-8,19H,2-5H2,1H3. The van der Waals surface area contributed by atoms with E-state index in [4.69, 9.17) is 5.11 Å². The summed E-state index contributed by atoms with van der Waals surface area (Å²) in [5, 5.41) is 9.11. The molecule has 1 N–H and O–H groups in total. The van der Waals surface area contributed by atoms with Crippen molar-refractivity contribution in [1.29, 1.82) is 0 Å². The third-order valence-corrected chi connectivity index (χ3v) is 2.45. The fourth-order valence-corrected chi connectivity index (χ4v) is 1.11. The smallest absolute Gasteiger partial charge is 0.345 e. The van der Waals surface area contributed by atoms with Crippen LogP contribution in [0.3, 0.4) is 0 Å². The first-order valence-corrected chi connectivity index (χ1v) is 6.04. The monoisotopic (exact) mass is 313 g/mol. The van der Waals surface area contributed by atoms with Gasteiger partial charge in [0.15, 0.2) is 6.61 Å². The predicted molar refractivity (Wildman–Crippen MR) is 62.3 cm³/mol. The Hall–Kier alpha value is -1.55. The number of rotatable bonds is 9. The molecule has 21 heavy (non-hydrogen) atoms. The number of aliphatic hydroxyl groups excluding tert-OH is 1. The van der Waals surface area contributed by atoms with Crippen LogP contribution in [0.25, 0.3) is 0 Å². The van der Waals surface area contributed by atoms with Crippen LogP contribution in [0.4, 0.5) is 17.6 Å². The molecule has 0 amide bonds. The van der Waals surface area contributed by atoms with Crippen molar-refractivity contribution in [2.45, 2.75) is 31.3 Å². The molecule has 1 aromatic rings. The molecule has 1 rings (SSSR count). The first-order chi connectivity index (χ1) is 9.78. The van der Waals surface area contributed by atoms with Crippen molar-refractivity contribution in [3.63, 3.8) is 0 Å². The lowest BCUT2D eigenvalue weighted by Gasteiger charge is -2.26. The van der Waals surface area contributed by atoms with Crippen LogP contribution in [-0.4, -0.2) is 57.8 Å². The van der Waals surface area contributed by atoms with Gasteiger partial charge in [-0.25, -0.2) is 4.98 Å². The summed E-state index contributed by atoms with van der Waals surface area (Å²) >= 11 is 0. The zero-order chi connectivity index (χ0) is 15.9. The molecule has 1 aromatic heterocycles. The van der Waals surface area contributed by atoms with E-state index < -0.39 is 43.8 Å². The average molecular weight is 313 g/mol. The van der Waals surface area contributed by atoms with Gasteiger partial charge in [0.2, 0.25) is 0 Å². The van der Waals surface area contributed by atoms with E-state index in [-0.39, 0.29) is 6.42 Å². The number of aromatic nitrogens is 3. The molecule has 0 spiro atoms. The van der Waals surface area contributed by atoms with E-state index in [0.29, 0.717) is 0 Å². The van der Waals surface area contributed by atoms with Gasteiger partial charge in [-0.3, -0.25) is 0 Å². The quantitative estimate of drug-likeness (QED) is 0.693. The van der Waals surface area contributed by atoms with E-state index in [2.05, 4.69) is 24.4 Å². The largest absolute Gasteiger partial charge is 0.457 e. The second kappa shape index (κ2) is 7.46. The molecule has 1 unspecified atom stereocenters. The topological polar surface area (TPSA) is 77.4 Å². The Labute approximate surface area is 118 Å². The summed E-state index contributed by atoms with van der Waals surface area (Å²) in [6.07, 6.45) is 1.25. The number of halogens is 4. The van der Waals surface area contributed by atoms with Gasteiger partial charge >= 0.3 is 17.9 Å². The van der Waals surface area contributed by atoms with E-state index in [1.54, 1.807) is 6.92 Å². The van der Waals surface area contributed by atoms with Crippen LogP contribution in [0.2, 0.25) is 0 Å². The maximum absolute atomic E-state index is 13.4. The second-order valence-electron chi connectivity index (χ2n) is 4.20. The molecule has 6 nitrogen and oxygen atoms in total. The highest BCUT2D eigenvalue weighted by molar-refractivity contribution is 4.91. The minimum Gasteiger partial charge on any atom is -0.457 e. The van der Waals surface area contributed by atoms with Crippen LogP contribution in [0.5, 0.6) is 6.01 Å². The first-order valence-electron chi connectivity index (χ1n) is 6.04. The van der Waals surface area contributed by atoms with Gasteiger partial charge < -0.3 is 14.6 Å². The minimum absolute atomic E-state index is 0.268. The second-order valence-corrected chi connectivity index (χ2v) is 4.20. The van der Waals surface area contributed by atoms with Gasteiger partial charge in [0.25, 0.3) is 0 Å². The number of ether oxygens (including phenoxy) is 2. The molecule has 120 valence electrons. The molecule has 1 heterocycles. The van der Waals surface area contributed by atoms with E-state index in [9.17, 15) is 17.6 Å². The van der Waals surface area contributed by atoms with Crippen LogP contribution < -0.4 is 4.74 Å². The van der Waals surface area contributed by atoms with Gasteiger partial charge in [-0.15, -0.1) is 0 Å². The average Bonchev–Trinajstić information content (AvgIpc) is 2.45. The van der Waals surface area contributed by atoms with Crippen molar-refractivity contribution >= 4 is 0 Å². The minimum atomic E-state index is -4.48. The highest BCUT2D eigenvalue weighted by Gasteiger charge is 2.57. The van der Waals surface area contributed by atoms with Crippen molar-refractivity contribution in [3.05, 3.63) is 12.7 Å². The van der Waals surface area contributed by atoms with Crippen molar-refractivity contribution < 1.29 is 32.1 Å². The van der Waals surface area contributed by atoms with Crippen molar-refractivity contribution in [3.8, 4) is 6.01 Å². The molecule has 0 bridgehead atoms. The molecule has 0 aromatic carbocycles. The van der Waals surface area contributed by atoms with Crippen LogP contribution >= 0.6 is 0 Å². The maximum Gasteiger partial charge on any atom is 0.345 e. The Morgan fingerprint density at radius 1 is 1.14 bits per heavy atom. The summed E-state index contributed by atoms with van der Waals surface area (Å²) in [6, 6.07) is -0.484. The summed E-state index contributed by atoms with van der Waals surface area (Å²) in [5.74, 6) is -8.93. The molecule has 0 aliphatic carbocycles. The van der Waals surface area contributed by atoms with Gasteiger partial charge in [-0.2, -0.15) is 27.5 Å².